The molecule has 0 aliphatic carbocycles. The van der Waals surface area contributed by atoms with E-state index in [4.69, 9.17) is 5.73 Å². The van der Waals surface area contributed by atoms with E-state index in [2.05, 4.69) is 43.1 Å². The Morgan fingerprint density at radius 1 is 1.28 bits per heavy atom. The molecule has 0 bridgehead atoms. The fourth-order valence-corrected chi connectivity index (χ4v) is 3.31. The fraction of sp³-hybridized carbons (Fsp3) is 0.500. The van der Waals surface area contributed by atoms with Gasteiger partial charge < -0.3 is 10.6 Å². The minimum atomic E-state index is -0.793. The summed E-state index contributed by atoms with van der Waals surface area (Å²) < 4.78 is 0. The second kappa shape index (κ2) is 7.65. The minimum Gasteiger partial charge on any atom is -0.350 e. The van der Waals surface area contributed by atoms with Crippen molar-refractivity contribution in [1.82, 2.24) is 10.3 Å². The molecule has 0 saturated heterocycles. The van der Waals surface area contributed by atoms with Crippen LogP contribution in [0.1, 0.15) is 38.8 Å². The topological polar surface area (TPSA) is 91.0 Å². The quantitative estimate of drug-likeness (QED) is 0.771. The number of hydrogen-bond donors (Lipinski definition) is 2. The van der Waals surface area contributed by atoms with Gasteiger partial charge >= 0.3 is 6.03 Å². The molecule has 1 heterocycles. The van der Waals surface area contributed by atoms with E-state index in [-0.39, 0.29) is 11.6 Å². The molecule has 1 aromatic rings. The molecule has 1 aromatic carbocycles. The maximum absolute atomic E-state index is 12.9. The van der Waals surface area contributed by atoms with Crippen LogP contribution in [0.5, 0.6) is 0 Å². The summed E-state index contributed by atoms with van der Waals surface area (Å²) in [6, 6.07) is 5.66. The number of nitrogens with one attached hydrogen (secondary N) is 1. The van der Waals surface area contributed by atoms with Crippen LogP contribution in [0, 0.1) is 6.92 Å². The standard InChI is InChI=1S/C18H27N5O2/c1-11(2)22(12(3)4)9-10-23-16-13(5)7-6-8-14(16)15(17(23)24)20-21-18(19)25/h6-8,11-12H,9-10H2,1-5H3,(H3,19,21,25). The number of aryl methyl sites for hydroxylation is 1. The second-order valence-corrected chi connectivity index (χ2v) is 6.79. The van der Waals surface area contributed by atoms with Gasteiger partial charge in [-0.05, 0) is 40.2 Å². The SMILES string of the molecule is Cc1cccc2c1N(CCN(C(C)C)C(C)C)C(=O)C2=NNC(N)=O. The number of nitrogens with two attached hydrogens (primary N) is 1. The molecule has 3 amide bonds. The number of hydrogen-bond acceptors (Lipinski definition) is 4. The van der Waals surface area contributed by atoms with Crippen LogP contribution in [0.4, 0.5) is 10.5 Å². The van der Waals surface area contributed by atoms with Crippen molar-refractivity contribution in [2.24, 2.45) is 10.8 Å². The van der Waals surface area contributed by atoms with Crippen molar-refractivity contribution < 1.29 is 9.59 Å². The lowest BCUT2D eigenvalue weighted by atomic mass is 10.1. The molecule has 0 saturated carbocycles. The first-order chi connectivity index (χ1) is 11.7. The van der Waals surface area contributed by atoms with E-state index in [9.17, 15) is 9.59 Å². The van der Waals surface area contributed by atoms with E-state index < -0.39 is 6.03 Å². The van der Waals surface area contributed by atoms with Crippen LogP contribution in [0.15, 0.2) is 23.3 Å². The zero-order valence-corrected chi connectivity index (χ0v) is 15.5. The number of anilines is 1. The lowest BCUT2D eigenvalue weighted by Gasteiger charge is -2.32. The Kier molecular flexibility index (Phi) is 5.79. The predicted molar refractivity (Wildman–Crippen MR) is 99.8 cm³/mol. The van der Waals surface area contributed by atoms with Gasteiger partial charge in [-0.15, -0.1) is 0 Å². The molecule has 1 aliphatic rings. The number of amides is 3. The number of urea groups is 1. The zero-order chi connectivity index (χ0) is 18.7. The Hall–Kier alpha value is -2.41. The van der Waals surface area contributed by atoms with E-state index in [0.29, 0.717) is 18.6 Å². The largest absolute Gasteiger partial charge is 0.350 e. The Labute approximate surface area is 148 Å². The number of hydrazone groups is 1. The average Bonchev–Trinajstić information content (AvgIpc) is 2.78. The van der Waals surface area contributed by atoms with Crippen molar-refractivity contribution in [1.29, 1.82) is 0 Å². The van der Waals surface area contributed by atoms with Crippen molar-refractivity contribution in [3.63, 3.8) is 0 Å². The molecule has 136 valence electrons. The van der Waals surface area contributed by atoms with Crippen molar-refractivity contribution in [2.45, 2.75) is 46.7 Å². The third-order valence-corrected chi connectivity index (χ3v) is 4.40. The maximum atomic E-state index is 12.9. The minimum absolute atomic E-state index is 0.217. The Bertz CT molecular complexity index is 689. The highest BCUT2D eigenvalue weighted by Gasteiger charge is 2.35. The summed E-state index contributed by atoms with van der Waals surface area (Å²) in [7, 11) is 0. The average molecular weight is 345 g/mol. The second-order valence-electron chi connectivity index (χ2n) is 6.79. The number of benzene rings is 1. The third-order valence-electron chi connectivity index (χ3n) is 4.40. The first kappa shape index (κ1) is 18.9. The number of rotatable bonds is 6. The summed E-state index contributed by atoms with van der Waals surface area (Å²) in [5, 5.41) is 3.92. The summed E-state index contributed by atoms with van der Waals surface area (Å²) in [4.78, 5) is 27.9. The third kappa shape index (κ3) is 3.99. The molecular weight excluding hydrogens is 318 g/mol. The van der Waals surface area contributed by atoms with Crippen LogP contribution in [-0.2, 0) is 4.79 Å². The summed E-state index contributed by atoms with van der Waals surface area (Å²) in [6.07, 6.45) is 0. The molecule has 0 radical (unpaired) electrons. The molecule has 0 fully saturated rings. The first-order valence-electron chi connectivity index (χ1n) is 8.54. The number of primary amides is 1. The number of fused-ring (bicyclic) bond motifs is 1. The van der Waals surface area contributed by atoms with E-state index in [1.54, 1.807) is 4.90 Å². The number of nitrogens with zero attached hydrogens (tertiary/aromatic N) is 3. The van der Waals surface area contributed by atoms with Gasteiger partial charge in [-0.3, -0.25) is 9.69 Å². The lowest BCUT2D eigenvalue weighted by molar-refractivity contribution is -0.112. The summed E-state index contributed by atoms with van der Waals surface area (Å²) in [5.41, 5.74) is 10.0. The van der Waals surface area contributed by atoms with Gasteiger partial charge in [0.05, 0.1) is 5.69 Å². The van der Waals surface area contributed by atoms with Crippen molar-refractivity contribution in [2.75, 3.05) is 18.0 Å². The van der Waals surface area contributed by atoms with Gasteiger partial charge in [0.2, 0.25) is 0 Å². The molecule has 7 heteroatoms. The van der Waals surface area contributed by atoms with Gasteiger partial charge in [0.25, 0.3) is 5.91 Å². The van der Waals surface area contributed by atoms with Gasteiger partial charge in [-0.2, -0.15) is 5.10 Å². The van der Waals surface area contributed by atoms with Crippen LogP contribution < -0.4 is 16.1 Å². The van der Waals surface area contributed by atoms with Crippen LogP contribution in [0.3, 0.4) is 0 Å². The lowest BCUT2D eigenvalue weighted by Crippen LogP contribution is -2.44. The molecule has 25 heavy (non-hydrogen) atoms. The summed E-state index contributed by atoms with van der Waals surface area (Å²) >= 11 is 0. The highest BCUT2D eigenvalue weighted by atomic mass is 16.2. The normalized spacial score (nSPS) is 15.6. The number of carbonyl (C=O) groups excluding carboxylic acids is 2. The molecule has 0 atom stereocenters. The smallest absolute Gasteiger partial charge is 0.332 e. The van der Waals surface area contributed by atoms with Crippen LogP contribution in [0.2, 0.25) is 0 Å². The van der Waals surface area contributed by atoms with Gasteiger partial charge in [-0.1, -0.05) is 18.2 Å². The van der Waals surface area contributed by atoms with Gasteiger partial charge in [0, 0.05) is 30.7 Å². The van der Waals surface area contributed by atoms with Crippen LogP contribution in [0.25, 0.3) is 0 Å². The molecular formula is C18H27N5O2. The molecule has 0 unspecified atom stereocenters. The molecule has 0 spiro atoms. The number of carbonyl (C=O) groups is 2. The van der Waals surface area contributed by atoms with E-state index in [1.165, 1.54) is 0 Å². The Balaban J connectivity index is 2.32. The Morgan fingerprint density at radius 3 is 2.48 bits per heavy atom. The molecule has 3 N–H and O–H groups in total. The molecule has 0 aromatic heterocycles. The predicted octanol–water partition coefficient (Wildman–Crippen LogP) is 1.83. The molecule has 2 rings (SSSR count). The summed E-state index contributed by atoms with van der Waals surface area (Å²) in [6.45, 7) is 11.9. The molecule has 7 nitrogen and oxygen atoms in total. The molecule has 1 aliphatic heterocycles. The monoisotopic (exact) mass is 345 g/mol. The summed E-state index contributed by atoms with van der Waals surface area (Å²) in [5.74, 6) is -0.217. The zero-order valence-electron chi connectivity index (χ0n) is 15.5. The fourth-order valence-electron chi connectivity index (χ4n) is 3.31. The number of para-hydroxylation sites is 1. The van der Waals surface area contributed by atoms with E-state index >= 15 is 0 Å². The van der Waals surface area contributed by atoms with E-state index in [0.717, 1.165) is 23.4 Å². The van der Waals surface area contributed by atoms with Crippen molar-refractivity contribution in [3.05, 3.63) is 29.3 Å². The van der Waals surface area contributed by atoms with Crippen molar-refractivity contribution in [3.8, 4) is 0 Å². The van der Waals surface area contributed by atoms with Crippen molar-refractivity contribution >= 4 is 23.3 Å². The Morgan fingerprint density at radius 2 is 1.92 bits per heavy atom. The maximum Gasteiger partial charge on any atom is 0.332 e. The highest BCUT2D eigenvalue weighted by Crippen LogP contribution is 2.32. The van der Waals surface area contributed by atoms with Gasteiger partial charge in [0.1, 0.15) is 0 Å². The highest BCUT2D eigenvalue weighted by molar-refractivity contribution is 6.54. The van der Waals surface area contributed by atoms with Crippen LogP contribution in [-0.4, -0.2) is 47.7 Å². The van der Waals surface area contributed by atoms with E-state index in [1.807, 2.05) is 25.1 Å². The van der Waals surface area contributed by atoms with Crippen LogP contribution >= 0.6 is 0 Å². The van der Waals surface area contributed by atoms with Gasteiger partial charge in [0.15, 0.2) is 5.71 Å². The van der Waals surface area contributed by atoms with Gasteiger partial charge in [-0.25, -0.2) is 10.2 Å². The first-order valence-corrected chi connectivity index (χ1v) is 8.54.